The first-order valence-electron chi connectivity index (χ1n) is 5.50. The molecule has 0 unspecified atom stereocenters. The fourth-order valence-corrected chi connectivity index (χ4v) is 1.72. The molecule has 1 aliphatic heterocycles. The smallest absolute Gasteiger partial charge is 0.229 e. The minimum atomic E-state index is -1.23. The Kier molecular flexibility index (Phi) is 3.93. The van der Waals surface area contributed by atoms with E-state index in [4.69, 9.17) is 14.6 Å². The summed E-state index contributed by atoms with van der Waals surface area (Å²) in [6, 6.07) is 6.23. The number of carbonyl (C=O) groups is 1. The van der Waals surface area contributed by atoms with Gasteiger partial charge in [-0.15, -0.1) is 0 Å². The highest BCUT2D eigenvalue weighted by molar-refractivity contribution is 5.74. The lowest BCUT2D eigenvalue weighted by molar-refractivity contribution is -0.116. The monoisotopic (exact) mass is 254 g/mol. The summed E-state index contributed by atoms with van der Waals surface area (Å²) in [4.78, 5) is 10.5. The maximum Gasteiger partial charge on any atom is 0.229 e. The maximum atomic E-state index is 10.5. The first-order chi connectivity index (χ1) is 8.65. The summed E-state index contributed by atoms with van der Waals surface area (Å²) in [6.07, 6.45) is -3.61. The molecule has 0 spiro atoms. The molecule has 0 bridgehead atoms. The molecule has 1 aromatic carbocycles. The normalized spacial score (nSPS) is 31.3. The van der Waals surface area contributed by atoms with E-state index in [1.54, 1.807) is 24.3 Å². The van der Waals surface area contributed by atoms with Gasteiger partial charge in [-0.25, -0.2) is 0 Å². The zero-order valence-electron chi connectivity index (χ0n) is 9.47. The SMILES string of the molecule is O=Cc1ccc(O[C@H]2O[C@H](CO)[C@@H](O)[C@H]2O)cc1. The van der Waals surface area contributed by atoms with Crippen LogP contribution in [0.4, 0.5) is 0 Å². The van der Waals surface area contributed by atoms with Gasteiger partial charge in [0.05, 0.1) is 6.61 Å². The van der Waals surface area contributed by atoms with Crippen LogP contribution in [-0.4, -0.2) is 52.8 Å². The summed E-state index contributed by atoms with van der Waals surface area (Å²) in [5.41, 5.74) is 0.503. The third-order valence-electron chi connectivity index (χ3n) is 2.77. The minimum absolute atomic E-state index is 0.399. The molecule has 6 heteroatoms. The number of carbonyl (C=O) groups excluding carboxylic acids is 1. The third kappa shape index (κ3) is 2.51. The molecule has 1 fully saturated rings. The van der Waals surface area contributed by atoms with E-state index < -0.39 is 31.2 Å². The maximum absolute atomic E-state index is 10.5. The Balaban J connectivity index is 2.02. The topological polar surface area (TPSA) is 96.2 Å². The number of ether oxygens (including phenoxy) is 2. The Morgan fingerprint density at radius 3 is 2.39 bits per heavy atom. The number of aldehydes is 1. The van der Waals surface area contributed by atoms with Crippen molar-refractivity contribution in [1.29, 1.82) is 0 Å². The van der Waals surface area contributed by atoms with Gasteiger partial charge in [-0.1, -0.05) is 0 Å². The number of hydrogen-bond donors (Lipinski definition) is 3. The molecule has 0 aromatic heterocycles. The Labute approximate surface area is 103 Å². The van der Waals surface area contributed by atoms with Gasteiger partial charge >= 0.3 is 0 Å². The molecule has 1 heterocycles. The van der Waals surface area contributed by atoms with Crippen LogP contribution in [0.15, 0.2) is 24.3 Å². The molecule has 18 heavy (non-hydrogen) atoms. The van der Waals surface area contributed by atoms with E-state index in [1.165, 1.54) is 0 Å². The molecular weight excluding hydrogens is 240 g/mol. The summed E-state index contributed by atoms with van der Waals surface area (Å²) >= 11 is 0. The lowest BCUT2D eigenvalue weighted by Gasteiger charge is -2.16. The van der Waals surface area contributed by atoms with Crippen LogP contribution in [0.5, 0.6) is 5.75 Å². The number of aliphatic hydroxyl groups is 3. The van der Waals surface area contributed by atoms with Gasteiger partial charge in [-0.3, -0.25) is 4.79 Å². The largest absolute Gasteiger partial charge is 0.462 e. The summed E-state index contributed by atoms with van der Waals surface area (Å²) in [6.45, 7) is -0.401. The molecular formula is C12H14O6. The van der Waals surface area contributed by atoms with Crippen molar-refractivity contribution in [3.63, 3.8) is 0 Å². The van der Waals surface area contributed by atoms with Gasteiger partial charge in [0, 0.05) is 5.56 Å². The Morgan fingerprint density at radius 2 is 1.89 bits per heavy atom. The van der Waals surface area contributed by atoms with Gasteiger partial charge in [-0.2, -0.15) is 0 Å². The van der Waals surface area contributed by atoms with Crippen LogP contribution in [0.1, 0.15) is 10.4 Å². The Bertz CT molecular complexity index is 404. The molecule has 2 rings (SSSR count). The first kappa shape index (κ1) is 13.0. The molecule has 0 aliphatic carbocycles. The lowest BCUT2D eigenvalue weighted by Crippen LogP contribution is -2.35. The zero-order valence-corrected chi connectivity index (χ0v) is 9.47. The molecule has 0 saturated carbocycles. The van der Waals surface area contributed by atoms with Crippen LogP contribution < -0.4 is 4.74 Å². The summed E-state index contributed by atoms with van der Waals surface area (Å²) < 4.78 is 10.5. The fraction of sp³-hybridized carbons (Fsp3) is 0.417. The van der Waals surface area contributed by atoms with Crippen molar-refractivity contribution in [1.82, 2.24) is 0 Å². The Hall–Kier alpha value is -1.47. The molecule has 3 N–H and O–H groups in total. The number of aliphatic hydroxyl groups excluding tert-OH is 3. The minimum Gasteiger partial charge on any atom is -0.462 e. The van der Waals surface area contributed by atoms with Crippen molar-refractivity contribution in [3.8, 4) is 5.75 Å². The second-order valence-electron chi connectivity index (χ2n) is 4.01. The van der Waals surface area contributed by atoms with Crippen LogP contribution in [0.2, 0.25) is 0 Å². The van der Waals surface area contributed by atoms with E-state index in [0.717, 1.165) is 0 Å². The summed E-state index contributed by atoms with van der Waals surface area (Å²) in [5, 5.41) is 28.1. The third-order valence-corrected chi connectivity index (χ3v) is 2.77. The second kappa shape index (κ2) is 5.45. The zero-order chi connectivity index (χ0) is 13.1. The van der Waals surface area contributed by atoms with E-state index >= 15 is 0 Å². The van der Waals surface area contributed by atoms with Gasteiger partial charge in [0.1, 0.15) is 30.3 Å². The predicted octanol–water partition coefficient (Wildman–Crippen LogP) is -0.683. The van der Waals surface area contributed by atoms with Crippen molar-refractivity contribution < 1.29 is 29.6 Å². The van der Waals surface area contributed by atoms with Crippen LogP contribution in [-0.2, 0) is 4.74 Å². The number of benzene rings is 1. The van der Waals surface area contributed by atoms with Gasteiger partial charge in [0.25, 0.3) is 0 Å². The second-order valence-corrected chi connectivity index (χ2v) is 4.01. The van der Waals surface area contributed by atoms with Crippen LogP contribution in [0.25, 0.3) is 0 Å². The summed E-state index contributed by atoms with van der Waals surface area (Å²) in [5.74, 6) is 0.399. The van der Waals surface area contributed by atoms with Gasteiger partial charge in [0.15, 0.2) is 0 Å². The van der Waals surface area contributed by atoms with Crippen molar-refractivity contribution in [2.45, 2.75) is 24.6 Å². The highest BCUT2D eigenvalue weighted by atomic mass is 16.7. The van der Waals surface area contributed by atoms with Crippen molar-refractivity contribution in [2.24, 2.45) is 0 Å². The molecule has 4 atom stereocenters. The highest BCUT2D eigenvalue weighted by Gasteiger charge is 2.43. The van der Waals surface area contributed by atoms with Gasteiger partial charge < -0.3 is 24.8 Å². The van der Waals surface area contributed by atoms with Crippen LogP contribution in [0.3, 0.4) is 0 Å². The van der Waals surface area contributed by atoms with E-state index in [0.29, 0.717) is 17.6 Å². The molecule has 1 saturated heterocycles. The van der Waals surface area contributed by atoms with Crippen LogP contribution in [0, 0.1) is 0 Å². The predicted molar refractivity (Wildman–Crippen MR) is 60.2 cm³/mol. The summed E-state index contributed by atoms with van der Waals surface area (Å²) in [7, 11) is 0. The standard InChI is InChI=1S/C12H14O6/c13-5-7-1-3-8(4-2-7)17-12-11(16)10(15)9(6-14)18-12/h1-5,9-12,14-16H,6H2/t9-,10-,11-,12+/m1/s1. The molecule has 1 aromatic rings. The van der Waals surface area contributed by atoms with Crippen LogP contribution >= 0.6 is 0 Å². The first-order valence-corrected chi connectivity index (χ1v) is 5.50. The highest BCUT2D eigenvalue weighted by Crippen LogP contribution is 2.24. The van der Waals surface area contributed by atoms with E-state index in [9.17, 15) is 15.0 Å². The van der Waals surface area contributed by atoms with E-state index in [-0.39, 0.29) is 0 Å². The fourth-order valence-electron chi connectivity index (χ4n) is 1.72. The number of hydrogen-bond acceptors (Lipinski definition) is 6. The van der Waals surface area contributed by atoms with Crippen molar-refractivity contribution >= 4 is 6.29 Å². The number of rotatable bonds is 4. The Morgan fingerprint density at radius 1 is 1.22 bits per heavy atom. The van der Waals surface area contributed by atoms with Crippen molar-refractivity contribution in [3.05, 3.63) is 29.8 Å². The van der Waals surface area contributed by atoms with Gasteiger partial charge in [0.2, 0.25) is 6.29 Å². The van der Waals surface area contributed by atoms with E-state index in [2.05, 4.69) is 0 Å². The quantitative estimate of drug-likeness (QED) is 0.616. The average molecular weight is 254 g/mol. The molecule has 0 radical (unpaired) electrons. The lowest BCUT2D eigenvalue weighted by atomic mass is 10.1. The van der Waals surface area contributed by atoms with E-state index in [1.807, 2.05) is 0 Å². The molecule has 1 aliphatic rings. The average Bonchev–Trinajstić information content (AvgIpc) is 2.67. The molecule has 6 nitrogen and oxygen atoms in total. The van der Waals surface area contributed by atoms with Crippen molar-refractivity contribution in [2.75, 3.05) is 6.61 Å². The van der Waals surface area contributed by atoms with Gasteiger partial charge in [-0.05, 0) is 24.3 Å². The molecule has 98 valence electrons. The molecule has 0 amide bonds.